The van der Waals surface area contributed by atoms with Crippen LogP contribution >= 0.6 is 0 Å². The topological polar surface area (TPSA) is 76.8 Å². The van der Waals surface area contributed by atoms with Gasteiger partial charge in [0.25, 0.3) is 0 Å². The van der Waals surface area contributed by atoms with Crippen LogP contribution in [0.5, 0.6) is 11.5 Å². The second-order valence-corrected chi connectivity index (χ2v) is 7.18. The lowest BCUT2D eigenvalue weighted by molar-refractivity contribution is -0.117. The summed E-state index contributed by atoms with van der Waals surface area (Å²) in [6.45, 7) is 2.00. The minimum atomic E-state index is -0.0613. The Morgan fingerprint density at radius 2 is 1.97 bits per heavy atom. The van der Waals surface area contributed by atoms with E-state index in [1.165, 1.54) is 0 Å². The Kier molecular flexibility index (Phi) is 5.67. The average molecular weight is 395 g/mol. The van der Waals surface area contributed by atoms with Crippen LogP contribution in [0.3, 0.4) is 0 Å². The zero-order valence-corrected chi connectivity index (χ0v) is 16.7. The van der Waals surface area contributed by atoms with E-state index >= 15 is 0 Å². The first-order valence-corrected chi connectivity index (χ1v) is 9.76. The molecule has 3 aromatic rings. The van der Waals surface area contributed by atoms with Crippen molar-refractivity contribution in [2.75, 3.05) is 39.2 Å². The molecule has 7 heteroatoms. The Morgan fingerprint density at radius 3 is 2.69 bits per heavy atom. The first kappa shape index (κ1) is 19.3. The summed E-state index contributed by atoms with van der Waals surface area (Å²) >= 11 is 0. The fourth-order valence-electron chi connectivity index (χ4n) is 3.70. The van der Waals surface area contributed by atoms with Gasteiger partial charge in [-0.1, -0.05) is 12.1 Å². The molecule has 0 aliphatic carbocycles. The number of fused-ring (bicyclic) bond motifs is 1. The molecule has 1 aliphatic rings. The molecular formula is C22H25N3O4. The van der Waals surface area contributed by atoms with Gasteiger partial charge in [-0.25, -0.2) is 4.98 Å². The van der Waals surface area contributed by atoms with Crippen LogP contribution < -0.4 is 14.8 Å². The minimum Gasteiger partial charge on any atom is -0.497 e. The van der Waals surface area contributed by atoms with Crippen LogP contribution in [0.4, 0.5) is 5.69 Å². The molecule has 152 valence electrons. The molecule has 1 saturated heterocycles. The van der Waals surface area contributed by atoms with E-state index in [0.29, 0.717) is 29.6 Å². The number of aromatic nitrogens is 1. The minimum absolute atomic E-state index is 0.0613. The van der Waals surface area contributed by atoms with Gasteiger partial charge in [0.05, 0.1) is 26.5 Å². The monoisotopic (exact) mass is 395 g/mol. The van der Waals surface area contributed by atoms with Crippen LogP contribution in [0, 0.1) is 0 Å². The molecule has 1 aliphatic heterocycles. The van der Waals surface area contributed by atoms with E-state index < -0.39 is 0 Å². The first-order valence-electron chi connectivity index (χ1n) is 9.76. The highest BCUT2D eigenvalue weighted by Gasteiger charge is 2.25. The van der Waals surface area contributed by atoms with Gasteiger partial charge in [-0.05, 0) is 50.2 Å². The molecule has 0 bridgehead atoms. The number of nitrogens with zero attached hydrogens (tertiary/aromatic N) is 2. The SMILES string of the molecule is COc1ccc(NC(=O)CN2CCC(c3nc4ccccc4o3)CC2)c(OC)c1. The van der Waals surface area contributed by atoms with Crippen LogP contribution in [-0.4, -0.2) is 49.6 Å². The van der Waals surface area contributed by atoms with Gasteiger partial charge < -0.3 is 19.2 Å². The summed E-state index contributed by atoms with van der Waals surface area (Å²) in [4.78, 5) is 19.3. The third-order valence-electron chi connectivity index (χ3n) is 5.30. The predicted octanol–water partition coefficient (Wildman–Crippen LogP) is 3.66. The number of anilines is 1. The Hall–Kier alpha value is -3.06. The number of likely N-dealkylation sites (tertiary alicyclic amines) is 1. The molecule has 29 heavy (non-hydrogen) atoms. The molecule has 0 atom stereocenters. The van der Waals surface area contributed by atoms with Crippen molar-refractivity contribution in [3.05, 3.63) is 48.4 Å². The zero-order valence-electron chi connectivity index (χ0n) is 16.7. The molecule has 1 aromatic heterocycles. The van der Waals surface area contributed by atoms with Crippen LogP contribution in [0.15, 0.2) is 46.9 Å². The van der Waals surface area contributed by atoms with E-state index in [9.17, 15) is 4.79 Å². The highest BCUT2D eigenvalue weighted by molar-refractivity contribution is 5.93. The van der Waals surface area contributed by atoms with Crippen molar-refractivity contribution < 1.29 is 18.7 Å². The molecule has 0 saturated carbocycles. The summed E-state index contributed by atoms with van der Waals surface area (Å²) in [7, 11) is 3.17. The number of methoxy groups -OCH3 is 2. The van der Waals surface area contributed by atoms with Crippen molar-refractivity contribution in [2.24, 2.45) is 0 Å². The zero-order chi connectivity index (χ0) is 20.2. The molecule has 1 N–H and O–H groups in total. The van der Waals surface area contributed by atoms with Crippen molar-refractivity contribution in [3.63, 3.8) is 0 Å². The van der Waals surface area contributed by atoms with Crippen molar-refractivity contribution in [1.82, 2.24) is 9.88 Å². The maximum Gasteiger partial charge on any atom is 0.238 e. The Bertz CT molecular complexity index is 960. The van der Waals surface area contributed by atoms with E-state index in [-0.39, 0.29) is 5.91 Å². The number of ether oxygens (including phenoxy) is 2. The normalized spacial score (nSPS) is 15.4. The van der Waals surface area contributed by atoms with Gasteiger partial charge in [0.15, 0.2) is 11.5 Å². The number of carbonyl (C=O) groups excluding carboxylic acids is 1. The summed E-state index contributed by atoms with van der Waals surface area (Å²) in [5.74, 6) is 2.30. The summed E-state index contributed by atoms with van der Waals surface area (Å²) in [6.07, 6.45) is 1.85. The largest absolute Gasteiger partial charge is 0.497 e. The molecular weight excluding hydrogens is 370 g/mol. The van der Waals surface area contributed by atoms with E-state index in [1.54, 1.807) is 32.4 Å². The maximum absolute atomic E-state index is 12.5. The van der Waals surface area contributed by atoms with Crippen molar-refractivity contribution >= 4 is 22.7 Å². The van der Waals surface area contributed by atoms with E-state index in [1.807, 2.05) is 24.3 Å². The molecule has 0 spiro atoms. The highest BCUT2D eigenvalue weighted by atomic mass is 16.5. The van der Waals surface area contributed by atoms with Crippen molar-refractivity contribution in [3.8, 4) is 11.5 Å². The summed E-state index contributed by atoms with van der Waals surface area (Å²) in [5.41, 5.74) is 2.37. The van der Waals surface area contributed by atoms with Crippen LogP contribution in [-0.2, 0) is 4.79 Å². The van der Waals surface area contributed by atoms with Crippen LogP contribution in [0.2, 0.25) is 0 Å². The van der Waals surface area contributed by atoms with Gasteiger partial charge in [0.1, 0.15) is 17.0 Å². The standard InChI is InChI=1S/C22H25N3O4/c1-27-16-7-8-18(20(13-16)28-2)23-21(26)14-25-11-9-15(10-12-25)22-24-17-5-3-4-6-19(17)29-22/h3-8,13,15H,9-12,14H2,1-2H3,(H,23,26). The number of nitrogens with one attached hydrogen (secondary N) is 1. The average Bonchev–Trinajstić information content (AvgIpc) is 3.18. The molecule has 7 nitrogen and oxygen atoms in total. The van der Waals surface area contributed by atoms with E-state index in [4.69, 9.17) is 13.9 Å². The van der Waals surface area contributed by atoms with Crippen LogP contribution in [0.1, 0.15) is 24.7 Å². The fraction of sp³-hybridized carbons (Fsp3) is 0.364. The molecule has 0 unspecified atom stereocenters. The molecule has 2 heterocycles. The lowest BCUT2D eigenvalue weighted by atomic mass is 9.97. The first-order chi connectivity index (χ1) is 14.2. The van der Waals surface area contributed by atoms with Gasteiger partial charge in [-0.2, -0.15) is 0 Å². The van der Waals surface area contributed by atoms with Gasteiger partial charge in [-0.15, -0.1) is 0 Å². The second-order valence-electron chi connectivity index (χ2n) is 7.18. The third-order valence-corrected chi connectivity index (χ3v) is 5.30. The molecule has 0 radical (unpaired) electrons. The van der Waals surface area contributed by atoms with Gasteiger partial charge in [0.2, 0.25) is 5.91 Å². The van der Waals surface area contributed by atoms with Gasteiger partial charge in [0, 0.05) is 12.0 Å². The summed E-state index contributed by atoms with van der Waals surface area (Å²) < 4.78 is 16.4. The number of hydrogen-bond acceptors (Lipinski definition) is 6. The number of amides is 1. The van der Waals surface area contributed by atoms with Crippen molar-refractivity contribution in [2.45, 2.75) is 18.8 Å². The van der Waals surface area contributed by atoms with E-state index in [0.717, 1.165) is 42.9 Å². The van der Waals surface area contributed by atoms with Gasteiger partial charge >= 0.3 is 0 Å². The number of para-hydroxylation sites is 2. The number of hydrogen-bond donors (Lipinski definition) is 1. The summed E-state index contributed by atoms with van der Waals surface area (Å²) in [5, 5.41) is 2.93. The smallest absolute Gasteiger partial charge is 0.238 e. The van der Waals surface area contributed by atoms with Crippen molar-refractivity contribution in [1.29, 1.82) is 0 Å². The number of carbonyl (C=O) groups is 1. The Balaban J connectivity index is 1.32. The number of piperidine rings is 1. The second kappa shape index (κ2) is 8.53. The summed E-state index contributed by atoms with van der Waals surface area (Å²) in [6, 6.07) is 13.2. The number of benzene rings is 2. The third kappa shape index (κ3) is 4.35. The predicted molar refractivity (Wildman–Crippen MR) is 111 cm³/mol. The lowest BCUT2D eigenvalue weighted by Crippen LogP contribution is -2.38. The maximum atomic E-state index is 12.5. The van der Waals surface area contributed by atoms with Crippen LogP contribution in [0.25, 0.3) is 11.1 Å². The number of rotatable bonds is 6. The highest BCUT2D eigenvalue weighted by Crippen LogP contribution is 2.31. The Labute approximate surface area is 169 Å². The van der Waals surface area contributed by atoms with E-state index in [2.05, 4.69) is 15.2 Å². The Morgan fingerprint density at radius 1 is 1.17 bits per heavy atom. The molecule has 1 amide bonds. The lowest BCUT2D eigenvalue weighted by Gasteiger charge is -2.30. The fourth-order valence-corrected chi connectivity index (χ4v) is 3.70. The molecule has 4 rings (SSSR count). The molecule has 2 aromatic carbocycles. The molecule has 1 fully saturated rings. The number of oxazole rings is 1. The van der Waals surface area contributed by atoms with Gasteiger partial charge in [-0.3, -0.25) is 9.69 Å². The quantitative estimate of drug-likeness (QED) is 0.686.